The third-order valence-corrected chi connectivity index (χ3v) is 4.14. The van der Waals surface area contributed by atoms with E-state index in [1.54, 1.807) is 5.57 Å². The number of hydrogen-bond acceptors (Lipinski definition) is 1. The predicted octanol–water partition coefficient (Wildman–Crippen LogP) is 3.82. The second-order valence-electron chi connectivity index (χ2n) is 5.41. The van der Waals surface area contributed by atoms with Crippen LogP contribution in [0.1, 0.15) is 64.7 Å². The molecule has 2 unspecified atom stereocenters. The summed E-state index contributed by atoms with van der Waals surface area (Å²) in [6.45, 7) is 2.20. The fraction of sp³-hybridized carbons (Fsp3) is 0.857. The summed E-state index contributed by atoms with van der Waals surface area (Å²) in [5.41, 5.74) is 1.13. The minimum absolute atomic E-state index is 0.445. The lowest BCUT2D eigenvalue weighted by molar-refractivity contribution is 0.0524. The van der Waals surface area contributed by atoms with Gasteiger partial charge in [0.1, 0.15) is 0 Å². The first-order chi connectivity index (χ1) is 7.23. The van der Waals surface area contributed by atoms with Gasteiger partial charge in [0, 0.05) is 0 Å². The van der Waals surface area contributed by atoms with Crippen molar-refractivity contribution in [3.05, 3.63) is 11.6 Å². The molecule has 0 aliphatic heterocycles. The summed E-state index contributed by atoms with van der Waals surface area (Å²) in [4.78, 5) is 0. The van der Waals surface area contributed by atoms with Crippen LogP contribution in [0.5, 0.6) is 0 Å². The topological polar surface area (TPSA) is 20.2 Å². The van der Waals surface area contributed by atoms with Gasteiger partial charge in [0.15, 0.2) is 0 Å². The van der Waals surface area contributed by atoms with Crippen LogP contribution in [0, 0.1) is 5.92 Å². The molecule has 2 atom stereocenters. The van der Waals surface area contributed by atoms with E-state index in [9.17, 15) is 5.11 Å². The highest BCUT2D eigenvalue weighted by Gasteiger charge is 2.32. The van der Waals surface area contributed by atoms with Crippen molar-refractivity contribution >= 4 is 0 Å². The van der Waals surface area contributed by atoms with Gasteiger partial charge in [0.2, 0.25) is 0 Å². The van der Waals surface area contributed by atoms with Gasteiger partial charge in [0.25, 0.3) is 0 Å². The van der Waals surface area contributed by atoms with Crippen molar-refractivity contribution in [3.63, 3.8) is 0 Å². The molecule has 86 valence electrons. The second kappa shape index (κ2) is 4.69. The van der Waals surface area contributed by atoms with Crippen molar-refractivity contribution in [2.75, 3.05) is 0 Å². The van der Waals surface area contributed by atoms with E-state index in [0.29, 0.717) is 0 Å². The van der Waals surface area contributed by atoms with Crippen LogP contribution in [0.15, 0.2) is 11.6 Å². The van der Waals surface area contributed by atoms with Gasteiger partial charge in [-0.05, 0) is 44.4 Å². The summed E-state index contributed by atoms with van der Waals surface area (Å²) in [6, 6.07) is 0. The lowest BCUT2D eigenvalue weighted by Gasteiger charge is -2.37. The van der Waals surface area contributed by atoms with Crippen molar-refractivity contribution in [1.29, 1.82) is 0 Å². The molecule has 15 heavy (non-hydrogen) atoms. The molecule has 1 N–H and O–H groups in total. The zero-order valence-corrected chi connectivity index (χ0v) is 9.97. The Bertz CT molecular complexity index is 244. The minimum Gasteiger partial charge on any atom is -0.386 e. The van der Waals surface area contributed by atoms with E-state index in [1.165, 1.54) is 38.5 Å². The van der Waals surface area contributed by atoms with E-state index in [2.05, 4.69) is 13.0 Å². The normalized spacial score (nSPS) is 35.9. The molecule has 0 aromatic heterocycles. The van der Waals surface area contributed by atoms with E-state index in [1.807, 2.05) is 0 Å². The SMILES string of the molecule is CCCCC1(O)C=C2CCCCC2CC1. The van der Waals surface area contributed by atoms with Crippen LogP contribution >= 0.6 is 0 Å². The van der Waals surface area contributed by atoms with E-state index >= 15 is 0 Å². The lowest BCUT2D eigenvalue weighted by Crippen LogP contribution is -2.32. The molecule has 0 heterocycles. The first kappa shape index (κ1) is 11.2. The van der Waals surface area contributed by atoms with Crippen molar-refractivity contribution in [1.82, 2.24) is 0 Å². The highest BCUT2D eigenvalue weighted by molar-refractivity contribution is 5.19. The van der Waals surface area contributed by atoms with Crippen LogP contribution in [-0.4, -0.2) is 10.7 Å². The summed E-state index contributed by atoms with van der Waals surface area (Å²) < 4.78 is 0. The second-order valence-corrected chi connectivity index (χ2v) is 5.41. The Kier molecular flexibility index (Phi) is 3.50. The van der Waals surface area contributed by atoms with Crippen LogP contribution < -0.4 is 0 Å². The van der Waals surface area contributed by atoms with Gasteiger partial charge in [0.05, 0.1) is 5.60 Å². The minimum atomic E-state index is -0.445. The third kappa shape index (κ3) is 2.63. The average Bonchev–Trinajstić information content (AvgIpc) is 2.26. The van der Waals surface area contributed by atoms with Crippen LogP contribution in [0.4, 0.5) is 0 Å². The van der Waals surface area contributed by atoms with Crippen LogP contribution in [-0.2, 0) is 0 Å². The number of rotatable bonds is 3. The molecule has 0 radical (unpaired) electrons. The molecule has 1 fully saturated rings. The van der Waals surface area contributed by atoms with Crippen molar-refractivity contribution in [2.45, 2.75) is 70.3 Å². The highest BCUT2D eigenvalue weighted by Crippen LogP contribution is 2.41. The van der Waals surface area contributed by atoms with Gasteiger partial charge >= 0.3 is 0 Å². The third-order valence-electron chi connectivity index (χ3n) is 4.14. The van der Waals surface area contributed by atoms with Crippen molar-refractivity contribution < 1.29 is 5.11 Å². The molecule has 1 saturated carbocycles. The van der Waals surface area contributed by atoms with Gasteiger partial charge in [-0.15, -0.1) is 0 Å². The molecule has 0 bridgehead atoms. The van der Waals surface area contributed by atoms with E-state index in [0.717, 1.165) is 25.2 Å². The average molecular weight is 208 g/mol. The smallest absolute Gasteiger partial charge is 0.0830 e. The van der Waals surface area contributed by atoms with Crippen LogP contribution in [0.3, 0.4) is 0 Å². The largest absolute Gasteiger partial charge is 0.386 e. The van der Waals surface area contributed by atoms with Crippen LogP contribution in [0.2, 0.25) is 0 Å². The molecule has 1 nitrogen and oxygen atoms in total. The molecule has 0 aromatic carbocycles. The Labute approximate surface area is 93.6 Å². The summed E-state index contributed by atoms with van der Waals surface area (Å²) in [5.74, 6) is 0.820. The molecule has 0 amide bonds. The maximum Gasteiger partial charge on any atom is 0.0830 e. The molecule has 0 saturated heterocycles. The maximum absolute atomic E-state index is 10.5. The summed E-state index contributed by atoms with van der Waals surface area (Å²) in [5, 5.41) is 10.5. The fourth-order valence-electron chi connectivity index (χ4n) is 3.15. The molecular weight excluding hydrogens is 184 g/mol. The molecule has 2 aliphatic carbocycles. The molecule has 1 heteroatoms. The van der Waals surface area contributed by atoms with E-state index in [4.69, 9.17) is 0 Å². The number of hydrogen-bond donors (Lipinski definition) is 1. The predicted molar refractivity (Wildman–Crippen MR) is 63.7 cm³/mol. The van der Waals surface area contributed by atoms with Crippen molar-refractivity contribution in [2.24, 2.45) is 5.92 Å². The van der Waals surface area contributed by atoms with Crippen LogP contribution in [0.25, 0.3) is 0 Å². The molecular formula is C14H24O. The quantitative estimate of drug-likeness (QED) is 0.699. The first-order valence-corrected chi connectivity index (χ1v) is 6.67. The summed E-state index contributed by atoms with van der Waals surface area (Å²) in [7, 11) is 0. The van der Waals surface area contributed by atoms with E-state index in [-0.39, 0.29) is 0 Å². The zero-order chi connectivity index (χ0) is 10.7. The lowest BCUT2D eigenvalue weighted by atomic mass is 9.72. The standard InChI is InChI=1S/C14H24O/c1-2-3-9-14(15)10-8-12-6-4-5-7-13(12)11-14/h11-12,15H,2-10H2,1H3. The number of unbranched alkanes of at least 4 members (excludes halogenated alkanes) is 1. The molecule has 0 aromatic rings. The summed E-state index contributed by atoms with van der Waals surface area (Å²) in [6.07, 6.45) is 13.1. The Morgan fingerprint density at radius 1 is 1.40 bits per heavy atom. The first-order valence-electron chi connectivity index (χ1n) is 6.67. The number of aliphatic hydroxyl groups is 1. The van der Waals surface area contributed by atoms with E-state index < -0.39 is 5.60 Å². The molecule has 2 rings (SSSR count). The highest BCUT2D eigenvalue weighted by atomic mass is 16.3. The number of allylic oxidation sites excluding steroid dienone is 1. The van der Waals surface area contributed by atoms with Crippen molar-refractivity contribution in [3.8, 4) is 0 Å². The Hall–Kier alpha value is -0.300. The Morgan fingerprint density at radius 2 is 2.27 bits per heavy atom. The zero-order valence-electron chi connectivity index (χ0n) is 9.97. The van der Waals surface area contributed by atoms with Gasteiger partial charge in [-0.1, -0.05) is 37.8 Å². The van der Waals surface area contributed by atoms with Gasteiger partial charge in [-0.25, -0.2) is 0 Å². The van der Waals surface area contributed by atoms with Gasteiger partial charge < -0.3 is 5.11 Å². The maximum atomic E-state index is 10.5. The summed E-state index contributed by atoms with van der Waals surface area (Å²) >= 11 is 0. The molecule has 2 aliphatic rings. The Morgan fingerprint density at radius 3 is 3.07 bits per heavy atom. The Balaban J connectivity index is 2.03. The number of fused-ring (bicyclic) bond motifs is 1. The van der Waals surface area contributed by atoms with Gasteiger partial charge in [-0.2, -0.15) is 0 Å². The monoisotopic (exact) mass is 208 g/mol. The molecule has 0 spiro atoms. The fourth-order valence-corrected chi connectivity index (χ4v) is 3.15. The van der Waals surface area contributed by atoms with Gasteiger partial charge in [-0.3, -0.25) is 0 Å².